The number of rotatable bonds is 7. The number of anilines is 1. The van der Waals surface area contributed by atoms with Gasteiger partial charge in [-0.3, -0.25) is 0 Å². The normalized spacial score (nSPS) is 17.0. The molecule has 27 heavy (non-hydrogen) atoms. The van der Waals surface area contributed by atoms with Gasteiger partial charge >= 0.3 is 6.03 Å². The van der Waals surface area contributed by atoms with Crippen LogP contribution in [0.1, 0.15) is 51.3 Å². The smallest absolute Gasteiger partial charge is 0.321 e. The molecule has 1 aliphatic heterocycles. The number of nitrogens with zero attached hydrogens (tertiary/aromatic N) is 3. The van der Waals surface area contributed by atoms with E-state index in [-0.39, 0.29) is 6.03 Å². The average Bonchev–Trinajstić information content (AvgIpc) is 3.17. The predicted octanol–water partition coefficient (Wildman–Crippen LogP) is 4.49. The second kappa shape index (κ2) is 9.44. The van der Waals surface area contributed by atoms with Gasteiger partial charge in [0.2, 0.25) is 0 Å². The van der Waals surface area contributed by atoms with Crippen LogP contribution < -0.4 is 10.1 Å². The lowest BCUT2D eigenvalue weighted by Crippen LogP contribution is -2.42. The third-order valence-corrected chi connectivity index (χ3v) is 4.99. The lowest BCUT2D eigenvalue weighted by Gasteiger charge is -2.32. The molecular weight excluding hydrogens is 340 g/mol. The maximum atomic E-state index is 12.7. The number of imidazole rings is 1. The van der Waals surface area contributed by atoms with Crippen LogP contribution in [0.4, 0.5) is 10.5 Å². The molecule has 3 rings (SSSR count). The SMILES string of the molecule is CCCCn1ccnc1[C@@H]1CCCN(C(=O)Nc2ccc(OCC)cc2)C1. The van der Waals surface area contributed by atoms with Crippen LogP contribution in [0.25, 0.3) is 0 Å². The van der Waals surface area contributed by atoms with Gasteiger partial charge in [0.15, 0.2) is 0 Å². The molecule has 1 aliphatic rings. The Morgan fingerprint density at radius 1 is 1.30 bits per heavy atom. The second-order valence-corrected chi connectivity index (χ2v) is 7.01. The van der Waals surface area contributed by atoms with Crippen LogP contribution >= 0.6 is 0 Å². The molecule has 1 saturated heterocycles. The van der Waals surface area contributed by atoms with Crippen molar-refractivity contribution in [1.82, 2.24) is 14.5 Å². The summed E-state index contributed by atoms with van der Waals surface area (Å²) in [7, 11) is 0. The van der Waals surface area contributed by atoms with E-state index in [1.165, 1.54) is 6.42 Å². The first-order valence-corrected chi connectivity index (χ1v) is 10.0. The summed E-state index contributed by atoms with van der Waals surface area (Å²) in [5.74, 6) is 2.23. The van der Waals surface area contributed by atoms with Crippen molar-refractivity contribution in [3.63, 3.8) is 0 Å². The van der Waals surface area contributed by atoms with Crippen molar-refractivity contribution in [2.75, 3.05) is 25.0 Å². The summed E-state index contributed by atoms with van der Waals surface area (Å²) in [5.41, 5.74) is 0.787. The molecule has 1 atom stereocenters. The van der Waals surface area contributed by atoms with E-state index in [2.05, 4.69) is 28.0 Å². The molecule has 0 aliphatic carbocycles. The molecule has 6 heteroatoms. The molecule has 0 unspecified atom stereocenters. The number of carbonyl (C=O) groups is 1. The maximum Gasteiger partial charge on any atom is 0.321 e. The molecule has 0 spiro atoms. The average molecular weight is 370 g/mol. The zero-order valence-electron chi connectivity index (χ0n) is 16.4. The third kappa shape index (κ3) is 5.02. The number of urea groups is 1. The van der Waals surface area contributed by atoms with Crippen molar-refractivity contribution in [3.8, 4) is 5.75 Å². The van der Waals surface area contributed by atoms with Gasteiger partial charge in [-0.25, -0.2) is 9.78 Å². The Labute approximate surface area is 161 Å². The van der Waals surface area contributed by atoms with Crippen molar-refractivity contribution >= 4 is 11.7 Å². The van der Waals surface area contributed by atoms with Gasteiger partial charge in [0, 0.05) is 43.6 Å². The minimum absolute atomic E-state index is 0.0458. The molecule has 2 aromatic rings. The Kier molecular flexibility index (Phi) is 6.74. The first-order chi connectivity index (χ1) is 13.2. The molecule has 0 radical (unpaired) electrons. The fourth-order valence-electron chi connectivity index (χ4n) is 3.57. The second-order valence-electron chi connectivity index (χ2n) is 7.01. The number of hydrogen-bond donors (Lipinski definition) is 1. The summed E-state index contributed by atoms with van der Waals surface area (Å²) < 4.78 is 7.70. The molecule has 0 bridgehead atoms. The van der Waals surface area contributed by atoms with E-state index in [1.807, 2.05) is 42.3 Å². The summed E-state index contributed by atoms with van der Waals surface area (Å²) in [6, 6.07) is 7.46. The van der Waals surface area contributed by atoms with Crippen LogP contribution in [0.2, 0.25) is 0 Å². The van der Waals surface area contributed by atoms with Gasteiger partial charge in [-0.05, 0) is 50.5 Å². The molecule has 1 aromatic carbocycles. The van der Waals surface area contributed by atoms with Crippen LogP contribution in [-0.2, 0) is 6.54 Å². The van der Waals surface area contributed by atoms with Crippen molar-refractivity contribution in [3.05, 3.63) is 42.5 Å². The monoisotopic (exact) mass is 370 g/mol. The van der Waals surface area contributed by atoms with E-state index in [9.17, 15) is 4.79 Å². The Balaban J connectivity index is 1.60. The summed E-state index contributed by atoms with van der Waals surface area (Å²) in [5, 5.41) is 3.00. The number of piperidine rings is 1. The molecular formula is C21H30N4O2. The zero-order valence-corrected chi connectivity index (χ0v) is 16.4. The third-order valence-electron chi connectivity index (χ3n) is 4.99. The lowest BCUT2D eigenvalue weighted by atomic mass is 9.97. The minimum atomic E-state index is -0.0458. The largest absolute Gasteiger partial charge is 0.494 e. The molecule has 1 N–H and O–H groups in total. The van der Waals surface area contributed by atoms with E-state index in [0.29, 0.717) is 19.1 Å². The lowest BCUT2D eigenvalue weighted by molar-refractivity contribution is 0.190. The number of aromatic nitrogens is 2. The van der Waals surface area contributed by atoms with Gasteiger partial charge in [-0.1, -0.05) is 13.3 Å². The molecule has 1 fully saturated rings. The predicted molar refractivity (Wildman–Crippen MR) is 107 cm³/mol. The molecule has 0 saturated carbocycles. The topological polar surface area (TPSA) is 59.4 Å². The highest BCUT2D eigenvalue weighted by atomic mass is 16.5. The molecule has 2 amide bonds. The van der Waals surface area contributed by atoms with Crippen LogP contribution in [0.3, 0.4) is 0 Å². The number of nitrogens with one attached hydrogen (secondary N) is 1. The van der Waals surface area contributed by atoms with Crippen LogP contribution in [0, 0.1) is 0 Å². The van der Waals surface area contributed by atoms with Gasteiger partial charge in [0.1, 0.15) is 11.6 Å². The van der Waals surface area contributed by atoms with Crippen molar-refractivity contribution in [1.29, 1.82) is 0 Å². The highest BCUT2D eigenvalue weighted by Gasteiger charge is 2.27. The van der Waals surface area contributed by atoms with Gasteiger partial charge in [0.05, 0.1) is 6.61 Å². The Bertz CT molecular complexity index is 726. The first-order valence-electron chi connectivity index (χ1n) is 10.0. The van der Waals surface area contributed by atoms with E-state index < -0.39 is 0 Å². The van der Waals surface area contributed by atoms with E-state index in [0.717, 1.165) is 49.6 Å². The van der Waals surface area contributed by atoms with Gasteiger partial charge in [-0.15, -0.1) is 0 Å². The first kappa shape index (κ1) is 19.3. The Hall–Kier alpha value is -2.50. The van der Waals surface area contributed by atoms with E-state index in [4.69, 9.17) is 4.74 Å². The number of likely N-dealkylation sites (tertiary alicyclic amines) is 1. The van der Waals surface area contributed by atoms with Crippen molar-refractivity contribution in [2.24, 2.45) is 0 Å². The van der Waals surface area contributed by atoms with Gasteiger partial charge < -0.3 is 19.5 Å². The molecule has 146 valence electrons. The Morgan fingerprint density at radius 2 is 2.11 bits per heavy atom. The highest BCUT2D eigenvalue weighted by molar-refractivity contribution is 5.89. The fourth-order valence-corrected chi connectivity index (χ4v) is 3.57. The molecule has 2 heterocycles. The molecule has 1 aromatic heterocycles. The van der Waals surface area contributed by atoms with E-state index >= 15 is 0 Å². The highest BCUT2D eigenvalue weighted by Crippen LogP contribution is 2.27. The number of benzene rings is 1. The zero-order chi connectivity index (χ0) is 19.1. The fraction of sp³-hybridized carbons (Fsp3) is 0.524. The van der Waals surface area contributed by atoms with Crippen LogP contribution in [0.5, 0.6) is 5.75 Å². The van der Waals surface area contributed by atoms with Gasteiger partial charge in [0.25, 0.3) is 0 Å². The number of aryl methyl sites for hydroxylation is 1. The number of amides is 2. The van der Waals surface area contributed by atoms with Crippen LogP contribution in [0.15, 0.2) is 36.7 Å². The summed E-state index contributed by atoms with van der Waals surface area (Å²) in [6.45, 7) is 7.29. The number of hydrogen-bond acceptors (Lipinski definition) is 3. The Morgan fingerprint density at radius 3 is 2.85 bits per heavy atom. The van der Waals surface area contributed by atoms with E-state index in [1.54, 1.807) is 0 Å². The summed E-state index contributed by atoms with van der Waals surface area (Å²) in [6.07, 6.45) is 8.34. The van der Waals surface area contributed by atoms with Crippen molar-refractivity contribution < 1.29 is 9.53 Å². The molecule has 6 nitrogen and oxygen atoms in total. The number of unbranched alkanes of at least 4 members (excludes halogenated alkanes) is 1. The van der Waals surface area contributed by atoms with Gasteiger partial charge in [-0.2, -0.15) is 0 Å². The minimum Gasteiger partial charge on any atom is -0.494 e. The number of ether oxygens (including phenoxy) is 1. The number of carbonyl (C=O) groups excluding carboxylic acids is 1. The van der Waals surface area contributed by atoms with Crippen LogP contribution in [-0.4, -0.2) is 40.2 Å². The quantitative estimate of drug-likeness (QED) is 0.781. The summed E-state index contributed by atoms with van der Waals surface area (Å²) in [4.78, 5) is 19.2. The summed E-state index contributed by atoms with van der Waals surface area (Å²) >= 11 is 0. The van der Waals surface area contributed by atoms with Crippen molar-refractivity contribution in [2.45, 2.75) is 52.0 Å². The maximum absolute atomic E-state index is 12.7. The standard InChI is InChI=1S/C21H30N4O2/c1-3-5-13-24-15-12-22-20(24)17-7-6-14-25(16-17)21(26)23-18-8-10-19(11-9-18)27-4-2/h8-12,15,17H,3-7,13-14,16H2,1-2H3,(H,23,26)/t17-/m1/s1.